The third kappa shape index (κ3) is 9.01. The van der Waals surface area contributed by atoms with Crippen molar-refractivity contribution in [2.75, 3.05) is 31.7 Å². The molecule has 0 spiro atoms. The zero-order chi connectivity index (χ0) is 17.8. The molecule has 10 nitrogen and oxygen atoms in total. The first-order chi connectivity index (χ1) is 10.8. The Hall–Kier alpha value is -1.85. The van der Waals surface area contributed by atoms with Gasteiger partial charge >= 0.3 is 5.97 Å². The van der Waals surface area contributed by atoms with Crippen LogP contribution in [-0.4, -0.2) is 77.7 Å². The number of amides is 3. The second-order valence-electron chi connectivity index (χ2n) is 4.46. The number of nitrogens with two attached hydrogens (primary N) is 1. The first kappa shape index (κ1) is 21.1. The minimum atomic E-state index is -1.45. The molecule has 0 bridgehead atoms. The molecule has 0 rings (SSSR count). The van der Waals surface area contributed by atoms with E-state index in [9.17, 15) is 19.2 Å². The molecular weight excluding hydrogens is 328 g/mol. The maximum atomic E-state index is 12.0. The highest BCUT2D eigenvalue weighted by atomic mass is 32.2. The molecule has 0 fully saturated rings. The van der Waals surface area contributed by atoms with Gasteiger partial charge in [-0.1, -0.05) is 0 Å². The Bertz CT molecular complexity index is 434. The molecule has 0 heterocycles. The van der Waals surface area contributed by atoms with E-state index in [1.165, 1.54) is 11.8 Å². The Balaban J connectivity index is 4.66. The number of carbonyl (C=O) groups excluding carboxylic acids is 3. The number of carboxylic acids is 1. The molecular formula is C12H22N4O6S. The molecule has 0 aromatic carbocycles. The van der Waals surface area contributed by atoms with Crippen molar-refractivity contribution in [3.63, 3.8) is 0 Å². The smallest absolute Gasteiger partial charge is 0.328 e. The van der Waals surface area contributed by atoms with E-state index >= 15 is 0 Å². The van der Waals surface area contributed by atoms with Crippen molar-refractivity contribution < 1.29 is 29.4 Å². The van der Waals surface area contributed by atoms with Crippen molar-refractivity contribution in [2.45, 2.75) is 18.5 Å². The molecule has 7 N–H and O–H groups in total. The number of aliphatic hydroxyl groups excluding tert-OH is 1. The summed E-state index contributed by atoms with van der Waals surface area (Å²) in [5, 5.41) is 24.5. The van der Waals surface area contributed by atoms with E-state index < -0.39 is 42.4 Å². The van der Waals surface area contributed by atoms with Gasteiger partial charge in [0.05, 0.1) is 19.7 Å². The first-order valence-electron chi connectivity index (χ1n) is 6.74. The number of thioether (sulfide) groups is 1. The minimum Gasteiger partial charge on any atom is -0.480 e. The van der Waals surface area contributed by atoms with E-state index in [-0.39, 0.29) is 19.5 Å². The summed E-state index contributed by atoms with van der Waals surface area (Å²) < 4.78 is 0. The Morgan fingerprint density at radius 1 is 1.13 bits per heavy atom. The second kappa shape index (κ2) is 11.7. The molecule has 23 heavy (non-hydrogen) atoms. The molecule has 0 aromatic rings. The summed E-state index contributed by atoms with van der Waals surface area (Å²) in [6.07, 6.45) is 2.08. The average Bonchev–Trinajstić information content (AvgIpc) is 2.53. The van der Waals surface area contributed by atoms with Crippen LogP contribution in [0.1, 0.15) is 6.42 Å². The summed E-state index contributed by atoms with van der Waals surface area (Å²) in [6.45, 7) is -1.38. The van der Waals surface area contributed by atoms with E-state index in [0.717, 1.165) is 0 Å². The van der Waals surface area contributed by atoms with Gasteiger partial charge in [-0.05, 0) is 18.4 Å². The Kier molecular flexibility index (Phi) is 10.7. The fourth-order valence-corrected chi connectivity index (χ4v) is 1.93. The normalized spacial score (nSPS) is 12.8. The van der Waals surface area contributed by atoms with Crippen molar-refractivity contribution in [3.8, 4) is 0 Å². The average molecular weight is 350 g/mol. The second-order valence-corrected chi connectivity index (χ2v) is 5.45. The highest BCUT2D eigenvalue weighted by Gasteiger charge is 2.25. The minimum absolute atomic E-state index is 0.263. The Morgan fingerprint density at radius 2 is 1.78 bits per heavy atom. The molecule has 0 aliphatic carbocycles. The van der Waals surface area contributed by atoms with Crippen molar-refractivity contribution >= 4 is 35.5 Å². The summed E-state index contributed by atoms with van der Waals surface area (Å²) in [5.74, 6) is -2.69. The lowest BCUT2D eigenvalue weighted by atomic mass is 10.2. The van der Waals surface area contributed by atoms with E-state index in [4.69, 9.17) is 15.9 Å². The maximum absolute atomic E-state index is 12.0. The van der Waals surface area contributed by atoms with Gasteiger partial charge in [-0.25, -0.2) is 4.79 Å². The number of carboxylic acid groups (broad SMARTS) is 1. The van der Waals surface area contributed by atoms with Gasteiger partial charge in [0.2, 0.25) is 17.7 Å². The molecule has 132 valence electrons. The van der Waals surface area contributed by atoms with Crippen molar-refractivity contribution in [1.82, 2.24) is 16.0 Å². The van der Waals surface area contributed by atoms with Gasteiger partial charge in [-0.3, -0.25) is 14.4 Å². The monoisotopic (exact) mass is 350 g/mol. The number of hydrogen-bond donors (Lipinski definition) is 6. The van der Waals surface area contributed by atoms with Crippen LogP contribution in [0.5, 0.6) is 0 Å². The van der Waals surface area contributed by atoms with Crippen LogP contribution < -0.4 is 21.7 Å². The largest absolute Gasteiger partial charge is 0.480 e. The van der Waals surface area contributed by atoms with Crippen LogP contribution in [0, 0.1) is 0 Å². The standard InChI is InChI=1S/C12H22N4O6S/c1-23-3-2-7(11(20)16-8(6-17)12(21)22)15-10(19)5-14-9(18)4-13/h7-8,17H,2-6,13H2,1H3,(H,14,18)(H,15,19)(H,16,20)(H,21,22). The molecule has 0 aliphatic heterocycles. The van der Waals surface area contributed by atoms with Gasteiger partial charge in [-0.2, -0.15) is 11.8 Å². The van der Waals surface area contributed by atoms with Gasteiger partial charge in [-0.15, -0.1) is 0 Å². The van der Waals surface area contributed by atoms with Gasteiger partial charge in [0.1, 0.15) is 12.1 Å². The number of aliphatic hydroxyl groups is 1. The lowest BCUT2D eigenvalue weighted by Crippen LogP contribution is -2.54. The molecule has 0 saturated carbocycles. The molecule has 2 atom stereocenters. The van der Waals surface area contributed by atoms with Gasteiger partial charge in [0, 0.05) is 0 Å². The summed E-state index contributed by atoms with van der Waals surface area (Å²) >= 11 is 1.44. The van der Waals surface area contributed by atoms with Crippen molar-refractivity contribution in [3.05, 3.63) is 0 Å². The quantitative estimate of drug-likeness (QED) is 0.227. The maximum Gasteiger partial charge on any atom is 0.328 e. The molecule has 3 amide bonds. The zero-order valence-electron chi connectivity index (χ0n) is 12.7. The van der Waals surface area contributed by atoms with E-state index in [1.54, 1.807) is 0 Å². The predicted molar refractivity (Wildman–Crippen MR) is 83.6 cm³/mol. The number of hydrogen-bond acceptors (Lipinski definition) is 7. The molecule has 0 radical (unpaired) electrons. The van der Waals surface area contributed by atoms with Crippen LogP contribution in [-0.2, 0) is 19.2 Å². The van der Waals surface area contributed by atoms with Crippen molar-refractivity contribution in [1.29, 1.82) is 0 Å². The molecule has 0 aliphatic rings. The summed E-state index contributed by atoms with van der Waals surface area (Å²) in [6, 6.07) is -2.42. The number of rotatable bonds is 11. The zero-order valence-corrected chi connectivity index (χ0v) is 13.5. The summed E-state index contributed by atoms with van der Waals surface area (Å²) in [4.78, 5) is 45.5. The predicted octanol–water partition coefficient (Wildman–Crippen LogP) is -3.14. The summed E-state index contributed by atoms with van der Waals surface area (Å²) in [7, 11) is 0. The highest BCUT2D eigenvalue weighted by Crippen LogP contribution is 2.02. The van der Waals surface area contributed by atoms with Gasteiger partial charge < -0.3 is 31.9 Å². The molecule has 11 heteroatoms. The van der Waals surface area contributed by atoms with Crippen molar-refractivity contribution in [2.24, 2.45) is 5.73 Å². The lowest BCUT2D eigenvalue weighted by molar-refractivity contribution is -0.143. The molecule has 0 saturated heterocycles. The highest BCUT2D eigenvalue weighted by molar-refractivity contribution is 7.98. The molecule has 0 aromatic heterocycles. The SMILES string of the molecule is CSCCC(NC(=O)CNC(=O)CN)C(=O)NC(CO)C(=O)O. The fraction of sp³-hybridized carbons (Fsp3) is 0.667. The van der Waals surface area contributed by atoms with E-state index in [2.05, 4.69) is 16.0 Å². The van der Waals surface area contributed by atoms with E-state index in [0.29, 0.717) is 5.75 Å². The first-order valence-corrected chi connectivity index (χ1v) is 8.14. The Morgan fingerprint density at radius 3 is 2.26 bits per heavy atom. The fourth-order valence-electron chi connectivity index (χ4n) is 1.46. The third-order valence-corrected chi connectivity index (χ3v) is 3.33. The van der Waals surface area contributed by atoms with E-state index in [1.807, 2.05) is 6.26 Å². The lowest BCUT2D eigenvalue weighted by Gasteiger charge is -2.20. The number of aliphatic carboxylic acids is 1. The Labute approximate surface area is 137 Å². The number of carbonyl (C=O) groups is 4. The van der Waals surface area contributed by atoms with Crippen LogP contribution >= 0.6 is 11.8 Å². The van der Waals surface area contributed by atoms with Crippen LogP contribution in [0.15, 0.2) is 0 Å². The van der Waals surface area contributed by atoms with Crippen LogP contribution in [0.3, 0.4) is 0 Å². The topological polar surface area (TPSA) is 171 Å². The van der Waals surface area contributed by atoms with Crippen LogP contribution in [0.2, 0.25) is 0 Å². The van der Waals surface area contributed by atoms with Gasteiger partial charge in [0.15, 0.2) is 0 Å². The van der Waals surface area contributed by atoms with Crippen LogP contribution in [0.25, 0.3) is 0 Å². The molecule has 2 unspecified atom stereocenters. The third-order valence-electron chi connectivity index (χ3n) is 2.69. The summed E-state index contributed by atoms with van der Waals surface area (Å²) in [5.41, 5.74) is 5.08. The number of nitrogens with one attached hydrogen (secondary N) is 3. The van der Waals surface area contributed by atoms with Crippen LogP contribution in [0.4, 0.5) is 0 Å². The van der Waals surface area contributed by atoms with Gasteiger partial charge in [0.25, 0.3) is 0 Å².